The predicted molar refractivity (Wildman–Crippen MR) is 97.6 cm³/mol. The molecule has 1 fully saturated rings. The van der Waals surface area contributed by atoms with Crippen molar-refractivity contribution in [1.29, 1.82) is 5.41 Å². The van der Waals surface area contributed by atoms with Gasteiger partial charge in [-0.05, 0) is 43.9 Å². The highest BCUT2D eigenvalue weighted by Crippen LogP contribution is 2.34. The van der Waals surface area contributed by atoms with E-state index in [-0.39, 0.29) is 17.2 Å². The Morgan fingerprint density at radius 2 is 1.88 bits per heavy atom. The summed E-state index contributed by atoms with van der Waals surface area (Å²) in [6, 6.07) is -0.0988. The van der Waals surface area contributed by atoms with E-state index in [2.05, 4.69) is 26.1 Å². The first-order valence-corrected chi connectivity index (χ1v) is 9.64. The van der Waals surface area contributed by atoms with Gasteiger partial charge in [0.1, 0.15) is 0 Å². The lowest BCUT2D eigenvalue weighted by atomic mass is 9.74. The highest BCUT2D eigenvalue weighted by Gasteiger charge is 2.33. The van der Waals surface area contributed by atoms with Gasteiger partial charge < -0.3 is 5.32 Å². The summed E-state index contributed by atoms with van der Waals surface area (Å²) in [6.07, 6.45) is 0.327. The fraction of sp³-hybridized carbons (Fsp3) is 0.778. The average molecular weight is 379 g/mol. The number of carbonyl (C=O) groups excluding carboxylic acids is 1. The van der Waals surface area contributed by atoms with Crippen LogP contribution in [0.4, 0.5) is 13.2 Å². The molecule has 2 N–H and O–H groups in total. The zero-order valence-corrected chi connectivity index (χ0v) is 16.2. The number of rotatable bonds is 6. The first kappa shape index (κ1) is 22.1. The molecule has 1 saturated carbocycles. The smallest absolute Gasteiger partial charge is 0.349 e. The number of allylic oxidation sites excluding steroid dienone is 1. The zero-order valence-electron chi connectivity index (χ0n) is 15.4. The van der Waals surface area contributed by atoms with Crippen LogP contribution in [0.25, 0.3) is 0 Å². The van der Waals surface area contributed by atoms with E-state index >= 15 is 0 Å². The second kappa shape index (κ2) is 9.64. The molecule has 0 aliphatic heterocycles. The maximum Gasteiger partial charge on any atom is 0.411 e. The van der Waals surface area contributed by atoms with Gasteiger partial charge in [-0.25, -0.2) is 0 Å². The highest BCUT2D eigenvalue weighted by molar-refractivity contribution is 8.17. The molecule has 0 aromatic rings. The maximum atomic E-state index is 12.7. The molecule has 0 aromatic carbocycles. The Morgan fingerprint density at radius 1 is 1.28 bits per heavy atom. The Hall–Kier alpha value is -0.980. The highest BCUT2D eigenvalue weighted by atomic mass is 32.2. The minimum absolute atomic E-state index is 0.000415. The molecule has 0 heterocycles. The quantitative estimate of drug-likeness (QED) is 0.363. The van der Waals surface area contributed by atoms with Gasteiger partial charge in [-0.3, -0.25) is 10.2 Å². The van der Waals surface area contributed by atoms with Gasteiger partial charge in [0.2, 0.25) is 0 Å². The Kier molecular flexibility index (Phi) is 8.51. The minimum Gasteiger partial charge on any atom is -0.349 e. The van der Waals surface area contributed by atoms with Crippen molar-refractivity contribution >= 4 is 22.7 Å². The van der Waals surface area contributed by atoms with Crippen LogP contribution in [0.2, 0.25) is 0 Å². The largest absolute Gasteiger partial charge is 0.411 e. The van der Waals surface area contributed by atoms with Gasteiger partial charge in [-0.1, -0.05) is 45.4 Å². The van der Waals surface area contributed by atoms with Crippen molar-refractivity contribution < 1.29 is 18.0 Å². The van der Waals surface area contributed by atoms with Gasteiger partial charge in [0.25, 0.3) is 5.91 Å². The lowest BCUT2D eigenvalue weighted by Crippen LogP contribution is -2.45. The third-order valence-corrected chi connectivity index (χ3v) is 5.32. The van der Waals surface area contributed by atoms with Crippen LogP contribution in [-0.4, -0.2) is 23.2 Å². The number of alkyl halides is 3. The fourth-order valence-corrected chi connectivity index (χ4v) is 4.31. The van der Waals surface area contributed by atoms with Crippen molar-refractivity contribution in [2.45, 2.75) is 72.0 Å². The van der Waals surface area contributed by atoms with Crippen LogP contribution in [0.15, 0.2) is 11.0 Å². The Labute approximate surface area is 152 Å². The van der Waals surface area contributed by atoms with Crippen LogP contribution in [-0.2, 0) is 4.79 Å². The van der Waals surface area contributed by atoms with Gasteiger partial charge in [0.05, 0.1) is 9.95 Å². The summed E-state index contributed by atoms with van der Waals surface area (Å²) in [5.41, 5.74) is 0. The van der Waals surface area contributed by atoms with Crippen LogP contribution in [0.1, 0.15) is 59.8 Å². The van der Waals surface area contributed by atoms with E-state index in [0.717, 1.165) is 32.1 Å². The lowest BCUT2D eigenvalue weighted by Gasteiger charge is -2.37. The molecule has 1 aliphatic carbocycles. The molecule has 144 valence electrons. The SMILES string of the molecule is CC(=N)S/C(=C/C(F)(F)F)C(=O)NC1CCCCC1C(C)CC(C)C. The second-order valence-corrected chi connectivity index (χ2v) is 8.60. The first-order chi connectivity index (χ1) is 11.5. The number of carbonyl (C=O) groups is 1. The number of hydrogen-bond donors (Lipinski definition) is 2. The maximum absolute atomic E-state index is 12.7. The molecular formula is C18H29F3N2OS. The lowest BCUT2D eigenvalue weighted by molar-refractivity contribution is -0.119. The molecule has 0 bridgehead atoms. The van der Waals surface area contributed by atoms with Gasteiger partial charge in [-0.15, -0.1) is 0 Å². The molecule has 7 heteroatoms. The molecule has 3 atom stereocenters. The van der Waals surface area contributed by atoms with E-state index in [9.17, 15) is 18.0 Å². The van der Waals surface area contributed by atoms with Gasteiger partial charge in [-0.2, -0.15) is 13.2 Å². The van der Waals surface area contributed by atoms with Crippen molar-refractivity contribution in [2.24, 2.45) is 17.8 Å². The van der Waals surface area contributed by atoms with Crippen molar-refractivity contribution in [2.75, 3.05) is 0 Å². The monoisotopic (exact) mass is 378 g/mol. The Morgan fingerprint density at radius 3 is 2.40 bits per heavy atom. The summed E-state index contributed by atoms with van der Waals surface area (Å²) in [5, 5.41) is 10.2. The summed E-state index contributed by atoms with van der Waals surface area (Å²) in [7, 11) is 0. The van der Waals surface area contributed by atoms with Crippen LogP contribution in [0.5, 0.6) is 0 Å². The molecule has 1 amide bonds. The van der Waals surface area contributed by atoms with Gasteiger partial charge in [0.15, 0.2) is 0 Å². The van der Waals surface area contributed by atoms with E-state index < -0.39 is 17.0 Å². The molecule has 0 radical (unpaired) electrons. The topological polar surface area (TPSA) is 53.0 Å². The van der Waals surface area contributed by atoms with Crippen LogP contribution in [0, 0.1) is 23.2 Å². The second-order valence-electron chi connectivity index (χ2n) is 7.34. The molecule has 0 saturated heterocycles. The van der Waals surface area contributed by atoms with Gasteiger partial charge in [0, 0.05) is 12.1 Å². The summed E-state index contributed by atoms with van der Waals surface area (Å²) in [4.78, 5) is 12.0. The average Bonchev–Trinajstić information content (AvgIpc) is 2.44. The van der Waals surface area contributed by atoms with Crippen molar-refractivity contribution in [3.05, 3.63) is 11.0 Å². The Bertz CT molecular complexity index is 503. The zero-order chi connectivity index (χ0) is 19.2. The Balaban J connectivity index is 2.88. The van der Waals surface area contributed by atoms with Gasteiger partial charge >= 0.3 is 6.18 Å². The molecule has 1 aliphatic rings. The molecule has 3 nitrogen and oxygen atoms in total. The summed E-state index contributed by atoms with van der Waals surface area (Å²) in [6.45, 7) is 7.84. The normalized spacial score (nSPS) is 23.4. The molecule has 0 spiro atoms. The number of hydrogen-bond acceptors (Lipinski definition) is 3. The fourth-order valence-electron chi connectivity index (χ4n) is 3.63. The van der Waals surface area contributed by atoms with E-state index in [1.807, 2.05) is 0 Å². The standard InChI is InChI=1S/C18H29F3N2OS/c1-11(2)9-12(3)14-7-5-6-8-15(14)23-17(24)16(25-13(4)22)10-18(19,20)21/h10-12,14-15,22H,5-9H2,1-4H3,(H,23,24)/b16-10+,22-13?. The van der Waals surface area contributed by atoms with Crippen LogP contribution in [0.3, 0.4) is 0 Å². The van der Waals surface area contributed by atoms with E-state index in [0.29, 0.717) is 29.5 Å². The molecular weight excluding hydrogens is 349 g/mol. The summed E-state index contributed by atoms with van der Waals surface area (Å²) in [5.74, 6) is 0.531. The summed E-state index contributed by atoms with van der Waals surface area (Å²) < 4.78 is 38.1. The number of thioether (sulfide) groups is 1. The predicted octanol–water partition coefficient (Wildman–Crippen LogP) is 5.52. The van der Waals surface area contributed by atoms with Crippen LogP contribution >= 0.6 is 11.8 Å². The molecule has 0 aromatic heterocycles. The number of amides is 1. The number of nitrogens with one attached hydrogen (secondary N) is 2. The first-order valence-electron chi connectivity index (χ1n) is 8.83. The third-order valence-electron chi connectivity index (χ3n) is 4.49. The van der Waals surface area contributed by atoms with Crippen molar-refractivity contribution in [3.8, 4) is 0 Å². The van der Waals surface area contributed by atoms with Crippen LogP contribution < -0.4 is 5.32 Å². The van der Waals surface area contributed by atoms with Crippen molar-refractivity contribution in [1.82, 2.24) is 5.32 Å². The third kappa shape index (κ3) is 8.29. The minimum atomic E-state index is -4.58. The molecule has 1 rings (SSSR count). The van der Waals surface area contributed by atoms with E-state index in [4.69, 9.17) is 5.41 Å². The summed E-state index contributed by atoms with van der Waals surface area (Å²) >= 11 is 0.556. The van der Waals surface area contributed by atoms with Crippen molar-refractivity contribution in [3.63, 3.8) is 0 Å². The number of halogens is 3. The molecule has 25 heavy (non-hydrogen) atoms. The van der Waals surface area contributed by atoms with E-state index in [1.165, 1.54) is 6.92 Å². The van der Waals surface area contributed by atoms with E-state index in [1.54, 1.807) is 0 Å². The molecule has 3 unspecified atom stereocenters.